The van der Waals surface area contributed by atoms with Crippen molar-refractivity contribution in [3.8, 4) is 0 Å². The smallest absolute Gasteiger partial charge is 0.298 e. The molecule has 2 aromatic rings. The summed E-state index contributed by atoms with van der Waals surface area (Å²) in [5.41, 5.74) is 0.578. The summed E-state index contributed by atoms with van der Waals surface area (Å²) < 4.78 is 5.40. The van der Waals surface area contributed by atoms with Crippen molar-refractivity contribution in [2.24, 2.45) is 0 Å². The highest BCUT2D eigenvalue weighted by molar-refractivity contribution is 8.19. The van der Waals surface area contributed by atoms with Crippen molar-refractivity contribution in [1.29, 1.82) is 0 Å². The van der Waals surface area contributed by atoms with E-state index in [1.165, 1.54) is 4.90 Å². The number of benzene rings is 1. The van der Waals surface area contributed by atoms with Crippen LogP contribution in [0, 0.1) is 6.92 Å². The summed E-state index contributed by atoms with van der Waals surface area (Å²) in [6.07, 6.45) is 1.60. The topological polar surface area (TPSA) is 50.5 Å². The lowest BCUT2D eigenvalue weighted by Gasteiger charge is -2.11. The minimum absolute atomic E-state index is 0.296. The van der Waals surface area contributed by atoms with E-state index in [1.807, 2.05) is 19.1 Å². The molecular weight excluding hydrogens is 274 g/mol. The summed E-state index contributed by atoms with van der Waals surface area (Å²) in [5, 5.41) is -0.296. The van der Waals surface area contributed by atoms with Crippen LogP contribution in [0.5, 0.6) is 0 Å². The van der Waals surface area contributed by atoms with Crippen LogP contribution in [0.3, 0.4) is 0 Å². The first kappa shape index (κ1) is 12.7. The molecule has 1 aliphatic heterocycles. The predicted molar refractivity (Wildman–Crippen MR) is 78.3 cm³/mol. The molecule has 0 radical (unpaired) electrons. The molecule has 3 rings (SSSR count). The van der Waals surface area contributed by atoms with Crippen molar-refractivity contribution in [2.75, 3.05) is 4.90 Å². The van der Waals surface area contributed by atoms with Gasteiger partial charge in [0.25, 0.3) is 11.1 Å². The van der Waals surface area contributed by atoms with E-state index in [0.29, 0.717) is 16.4 Å². The Bertz CT molecular complexity index is 703. The van der Waals surface area contributed by atoms with E-state index in [9.17, 15) is 9.59 Å². The molecule has 5 heteroatoms. The number of carbonyl (C=O) groups is 2. The normalized spacial score (nSPS) is 17.2. The Morgan fingerprint density at radius 3 is 2.50 bits per heavy atom. The molecule has 0 N–H and O–H groups in total. The largest absolute Gasteiger partial charge is 0.462 e. The van der Waals surface area contributed by atoms with Gasteiger partial charge in [-0.2, -0.15) is 0 Å². The van der Waals surface area contributed by atoms with Crippen molar-refractivity contribution in [1.82, 2.24) is 0 Å². The van der Waals surface area contributed by atoms with Gasteiger partial charge in [-0.25, -0.2) is 4.90 Å². The number of thioether (sulfide) groups is 1. The van der Waals surface area contributed by atoms with Crippen LogP contribution in [0.2, 0.25) is 0 Å². The number of aryl methyl sites for hydroxylation is 1. The number of para-hydroxylation sites is 1. The van der Waals surface area contributed by atoms with Gasteiger partial charge in [-0.15, -0.1) is 0 Å². The van der Waals surface area contributed by atoms with Gasteiger partial charge < -0.3 is 4.42 Å². The van der Waals surface area contributed by atoms with E-state index in [4.69, 9.17) is 4.42 Å². The van der Waals surface area contributed by atoms with Crippen molar-refractivity contribution >= 4 is 34.7 Å². The van der Waals surface area contributed by atoms with Gasteiger partial charge in [0.05, 0.1) is 10.6 Å². The second-order valence-electron chi connectivity index (χ2n) is 4.30. The van der Waals surface area contributed by atoms with Crippen molar-refractivity contribution < 1.29 is 14.0 Å². The van der Waals surface area contributed by atoms with Gasteiger partial charge in [0.2, 0.25) is 0 Å². The molecule has 2 heterocycles. The summed E-state index contributed by atoms with van der Waals surface area (Å²) in [6, 6.07) is 12.5. The van der Waals surface area contributed by atoms with Crippen LogP contribution in [0.1, 0.15) is 11.5 Å². The average molecular weight is 285 g/mol. The third-order valence-electron chi connectivity index (χ3n) is 2.84. The molecule has 1 saturated heterocycles. The SMILES string of the molecule is Cc1ccc(/C=C2/SC(=O)N(c3ccccc3)C2=O)o1. The summed E-state index contributed by atoms with van der Waals surface area (Å²) in [7, 11) is 0. The molecule has 0 saturated carbocycles. The zero-order valence-corrected chi connectivity index (χ0v) is 11.5. The Morgan fingerprint density at radius 1 is 1.10 bits per heavy atom. The Morgan fingerprint density at radius 2 is 1.85 bits per heavy atom. The standard InChI is InChI=1S/C15H11NO3S/c1-10-7-8-12(19-10)9-13-14(17)16(15(18)20-13)11-5-3-2-4-6-11/h2-9H,1H3/b13-9+. The summed E-state index contributed by atoms with van der Waals surface area (Å²) in [5.74, 6) is 1.01. The zero-order chi connectivity index (χ0) is 14.1. The number of anilines is 1. The summed E-state index contributed by atoms with van der Waals surface area (Å²) >= 11 is 0.919. The van der Waals surface area contributed by atoms with Gasteiger partial charge in [-0.3, -0.25) is 9.59 Å². The predicted octanol–water partition coefficient (Wildman–Crippen LogP) is 3.83. The lowest BCUT2D eigenvalue weighted by atomic mass is 10.3. The Kier molecular flexibility index (Phi) is 3.20. The fourth-order valence-corrected chi connectivity index (χ4v) is 2.75. The molecule has 1 fully saturated rings. The van der Waals surface area contributed by atoms with Crippen LogP contribution in [0.25, 0.3) is 6.08 Å². The Balaban J connectivity index is 1.93. The quantitative estimate of drug-likeness (QED) is 0.787. The monoisotopic (exact) mass is 285 g/mol. The molecule has 1 aromatic heterocycles. The van der Waals surface area contributed by atoms with E-state index in [-0.39, 0.29) is 11.1 Å². The minimum Gasteiger partial charge on any atom is -0.462 e. The Hall–Kier alpha value is -2.27. The lowest BCUT2D eigenvalue weighted by molar-refractivity contribution is -0.113. The van der Waals surface area contributed by atoms with Gasteiger partial charge in [0, 0.05) is 6.08 Å². The number of hydrogen-bond donors (Lipinski definition) is 0. The van der Waals surface area contributed by atoms with Crippen LogP contribution >= 0.6 is 11.8 Å². The van der Waals surface area contributed by atoms with E-state index in [0.717, 1.165) is 17.5 Å². The Labute approximate surface area is 120 Å². The fourth-order valence-electron chi connectivity index (χ4n) is 1.93. The van der Waals surface area contributed by atoms with Gasteiger partial charge in [0.1, 0.15) is 11.5 Å². The fraction of sp³-hybridized carbons (Fsp3) is 0.0667. The number of rotatable bonds is 2. The van der Waals surface area contributed by atoms with Gasteiger partial charge >= 0.3 is 0 Å². The number of amides is 2. The molecule has 1 aromatic carbocycles. The molecule has 4 nitrogen and oxygen atoms in total. The number of furan rings is 1. The van der Waals surface area contributed by atoms with Gasteiger partial charge in [-0.05, 0) is 43.0 Å². The van der Waals surface area contributed by atoms with Gasteiger partial charge in [0.15, 0.2) is 0 Å². The van der Waals surface area contributed by atoms with Crippen LogP contribution in [-0.4, -0.2) is 11.1 Å². The highest BCUT2D eigenvalue weighted by Crippen LogP contribution is 2.35. The van der Waals surface area contributed by atoms with Crippen LogP contribution in [0.15, 0.2) is 51.8 Å². The molecule has 0 atom stereocenters. The summed E-state index contributed by atoms with van der Waals surface area (Å²) in [6.45, 7) is 1.83. The molecule has 0 spiro atoms. The lowest BCUT2D eigenvalue weighted by Crippen LogP contribution is -2.27. The summed E-state index contributed by atoms with van der Waals surface area (Å²) in [4.78, 5) is 25.8. The third-order valence-corrected chi connectivity index (χ3v) is 3.71. The maximum atomic E-state index is 12.3. The molecule has 0 bridgehead atoms. The number of hydrogen-bond acceptors (Lipinski definition) is 4. The highest BCUT2D eigenvalue weighted by Gasteiger charge is 2.36. The van der Waals surface area contributed by atoms with E-state index in [2.05, 4.69) is 0 Å². The number of carbonyl (C=O) groups excluding carboxylic acids is 2. The molecule has 20 heavy (non-hydrogen) atoms. The average Bonchev–Trinajstić information content (AvgIpc) is 2.96. The number of imide groups is 1. The molecule has 100 valence electrons. The molecule has 2 amide bonds. The van der Waals surface area contributed by atoms with Crippen LogP contribution in [-0.2, 0) is 4.79 Å². The highest BCUT2D eigenvalue weighted by atomic mass is 32.2. The molecule has 0 unspecified atom stereocenters. The minimum atomic E-state index is -0.319. The van der Waals surface area contributed by atoms with E-state index in [1.54, 1.807) is 36.4 Å². The first-order valence-corrected chi connectivity index (χ1v) is 6.86. The van der Waals surface area contributed by atoms with Crippen molar-refractivity contribution in [3.63, 3.8) is 0 Å². The third kappa shape index (κ3) is 2.28. The molecule has 1 aliphatic rings. The van der Waals surface area contributed by atoms with Crippen LogP contribution in [0.4, 0.5) is 10.5 Å². The first-order valence-electron chi connectivity index (χ1n) is 6.04. The van der Waals surface area contributed by atoms with Gasteiger partial charge in [-0.1, -0.05) is 18.2 Å². The second-order valence-corrected chi connectivity index (χ2v) is 5.29. The van der Waals surface area contributed by atoms with E-state index >= 15 is 0 Å². The first-order chi connectivity index (χ1) is 9.65. The van der Waals surface area contributed by atoms with E-state index < -0.39 is 0 Å². The second kappa shape index (κ2) is 5.02. The van der Waals surface area contributed by atoms with Crippen molar-refractivity contribution in [2.45, 2.75) is 6.92 Å². The maximum Gasteiger partial charge on any atom is 0.298 e. The van der Waals surface area contributed by atoms with Crippen LogP contribution < -0.4 is 4.90 Å². The molecular formula is C15H11NO3S. The zero-order valence-electron chi connectivity index (χ0n) is 10.7. The van der Waals surface area contributed by atoms with Crippen molar-refractivity contribution in [3.05, 3.63) is 58.9 Å². The maximum absolute atomic E-state index is 12.3. The number of nitrogens with zero attached hydrogens (tertiary/aromatic N) is 1. The molecule has 0 aliphatic carbocycles.